The van der Waals surface area contributed by atoms with Crippen LogP contribution in [0.2, 0.25) is 6.32 Å². The van der Waals surface area contributed by atoms with Crippen LogP contribution in [-0.2, 0) is 4.79 Å². The molecule has 0 amide bonds. The number of carbonyl (C=O) groups is 1. The van der Waals surface area contributed by atoms with Crippen LogP contribution in [0, 0.1) is 17.8 Å². The Morgan fingerprint density at radius 3 is 2.79 bits per heavy atom. The van der Waals surface area contributed by atoms with E-state index in [1.807, 2.05) is 0 Å². The molecule has 6 N–H and O–H groups in total. The molecule has 0 radical (unpaired) electrons. The zero-order valence-corrected chi connectivity index (χ0v) is 11.2. The molecule has 1 saturated carbocycles. The van der Waals surface area contributed by atoms with E-state index in [1.54, 1.807) is 0 Å². The first kappa shape index (κ1) is 14.8. The Labute approximate surface area is 113 Å². The molecule has 2 unspecified atom stereocenters. The highest BCUT2D eigenvalue weighted by Gasteiger charge is 2.58. The van der Waals surface area contributed by atoms with Crippen molar-refractivity contribution in [2.75, 3.05) is 6.54 Å². The fraction of sp³-hybridized carbons (Fsp3) is 0.917. The number of nitrogens with two attached hydrogens (primary N) is 1. The molecule has 6 nitrogen and oxygen atoms in total. The predicted octanol–water partition coefficient (Wildman–Crippen LogP) is -0.734. The molecule has 1 heterocycles. The third-order valence-corrected chi connectivity index (χ3v) is 4.93. The smallest absolute Gasteiger partial charge is 0.451 e. The molecule has 1 aliphatic carbocycles. The Morgan fingerprint density at radius 1 is 1.53 bits per heavy atom. The topological polar surface area (TPSA) is 116 Å². The van der Waals surface area contributed by atoms with E-state index < -0.39 is 18.6 Å². The highest BCUT2D eigenvalue weighted by atomic mass is 16.4. The largest absolute Gasteiger partial charge is 0.480 e. The van der Waals surface area contributed by atoms with Gasteiger partial charge in [-0.1, -0.05) is 6.42 Å². The molecular weight excluding hydrogens is 247 g/mol. The second-order valence-corrected chi connectivity index (χ2v) is 6.10. The standard InChI is InChI=1S/C12H23BN2O4/c1-7-10-8(6-15-7)5-12(14,11(16)17)9(10)3-2-4-13(18)19/h7-10,15,18-19H,2-6,14H2,1H3,(H,16,17)/t7-,8-,9-,10?,12?/m0/s1. The maximum absolute atomic E-state index is 11.5. The number of fused-ring (bicyclic) bond motifs is 1. The van der Waals surface area contributed by atoms with Crippen molar-refractivity contribution in [1.29, 1.82) is 0 Å². The lowest BCUT2D eigenvalue weighted by molar-refractivity contribution is -0.145. The van der Waals surface area contributed by atoms with Gasteiger partial charge in [0, 0.05) is 6.04 Å². The fourth-order valence-corrected chi connectivity index (χ4v) is 4.05. The number of hydrogen-bond acceptors (Lipinski definition) is 5. The van der Waals surface area contributed by atoms with Gasteiger partial charge >= 0.3 is 13.1 Å². The summed E-state index contributed by atoms with van der Waals surface area (Å²) >= 11 is 0. The van der Waals surface area contributed by atoms with E-state index in [0.29, 0.717) is 25.2 Å². The van der Waals surface area contributed by atoms with Gasteiger partial charge in [0.1, 0.15) is 5.54 Å². The number of nitrogens with one attached hydrogen (secondary N) is 1. The molecule has 0 spiro atoms. The molecule has 0 aromatic rings. The summed E-state index contributed by atoms with van der Waals surface area (Å²) in [5.74, 6) is -0.431. The van der Waals surface area contributed by atoms with Gasteiger partial charge in [0.05, 0.1) is 0 Å². The molecule has 108 valence electrons. The van der Waals surface area contributed by atoms with Crippen molar-refractivity contribution >= 4 is 13.1 Å². The Morgan fingerprint density at radius 2 is 2.21 bits per heavy atom. The van der Waals surface area contributed by atoms with E-state index in [1.165, 1.54) is 0 Å². The molecule has 0 aromatic heterocycles. The monoisotopic (exact) mass is 270 g/mol. The average Bonchev–Trinajstić information content (AvgIpc) is 2.79. The maximum Gasteiger partial charge on any atom is 0.451 e. The molecule has 2 fully saturated rings. The van der Waals surface area contributed by atoms with E-state index in [2.05, 4.69) is 12.2 Å². The Hall–Kier alpha value is -0.625. The van der Waals surface area contributed by atoms with Crippen LogP contribution >= 0.6 is 0 Å². The average molecular weight is 270 g/mol. The summed E-state index contributed by atoms with van der Waals surface area (Å²) in [6.45, 7) is 2.91. The lowest BCUT2D eigenvalue weighted by atomic mass is 9.74. The van der Waals surface area contributed by atoms with Crippen LogP contribution in [0.5, 0.6) is 0 Å². The number of rotatable bonds is 5. The van der Waals surface area contributed by atoms with Gasteiger partial charge in [0.2, 0.25) is 0 Å². The van der Waals surface area contributed by atoms with E-state index >= 15 is 0 Å². The second-order valence-electron chi connectivity index (χ2n) is 6.10. The minimum Gasteiger partial charge on any atom is -0.480 e. The van der Waals surface area contributed by atoms with E-state index in [9.17, 15) is 9.90 Å². The molecule has 19 heavy (non-hydrogen) atoms. The summed E-state index contributed by atoms with van der Waals surface area (Å²) < 4.78 is 0. The summed E-state index contributed by atoms with van der Waals surface area (Å²) in [5, 5.41) is 30.6. The first-order valence-corrected chi connectivity index (χ1v) is 6.98. The van der Waals surface area contributed by atoms with Crippen molar-refractivity contribution in [2.45, 2.75) is 44.1 Å². The van der Waals surface area contributed by atoms with Gasteiger partial charge < -0.3 is 26.2 Å². The molecule has 7 heteroatoms. The van der Waals surface area contributed by atoms with Crippen molar-refractivity contribution in [2.24, 2.45) is 23.5 Å². The molecular formula is C12H23BN2O4. The Bertz CT molecular complexity index is 355. The van der Waals surface area contributed by atoms with Crippen LogP contribution in [0.3, 0.4) is 0 Å². The van der Waals surface area contributed by atoms with Gasteiger partial charge in [-0.2, -0.15) is 0 Å². The van der Waals surface area contributed by atoms with Gasteiger partial charge in [0.15, 0.2) is 0 Å². The van der Waals surface area contributed by atoms with Gasteiger partial charge in [0.25, 0.3) is 0 Å². The predicted molar refractivity (Wildman–Crippen MR) is 71.3 cm³/mol. The number of aliphatic carboxylic acids is 1. The van der Waals surface area contributed by atoms with Gasteiger partial charge in [-0.3, -0.25) is 4.79 Å². The minimum absolute atomic E-state index is 0.0984. The van der Waals surface area contributed by atoms with E-state index in [4.69, 9.17) is 15.8 Å². The highest BCUT2D eigenvalue weighted by Crippen LogP contribution is 2.49. The zero-order chi connectivity index (χ0) is 14.2. The molecule has 0 bridgehead atoms. The van der Waals surface area contributed by atoms with Gasteiger partial charge in [-0.05, 0) is 50.4 Å². The van der Waals surface area contributed by atoms with Crippen molar-refractivity contribution in [3.63, 3.8) is 0 Å². The highest BCUT2D eigenvalue weighted by molar-refractivity contribution is 6.40. The lowest BCUT2D eigenvalue weighted by Crippen LogP contribution is -2.53. The van der Waals surface area contributed by atoms with Crippen molar-refractivity contribution in [3.8, 4) is 0 Å². The van der Waals surface area contributed by atoms with Crippen LogP contribution in [0.15, 0.2) is 0 Å². The SMILES string of the molecule is C[C@@H]1NC[C@@H]2CC(N)(C(=O)O)[C@@H](CCCB(O)O)C21. The molecule has 2 aliphatic rings. The second kappa shape index (κ2) is 5.40. The first-order valence-electron chi connectivity index (χ1n) is 6.98. The third kappa shape index (κ3) is 2.65. The Kier molecular flexibility index (Phi) is 4.20. The summed E-state index contributed by atoms with van der Waals surface area (Å²) in [5.41, 5.74) is 5.00. The molecule has 0 aromatic carbocycles. The summed E-state index contributed by atoms with van der Waals surface area (Å²) in [7, 11) is -1.33. The van der Waals surface area contributed by atoms with Crippen molar-refractivity contribution < 1.29 is 19.9 Å². The lowest BCUT2D eigenvalue weighted by Gasteiger charge is -2.32. The third-order valence-electron chi connectivity index (χ3n) is 4.93. The minimum atomic E-state index is -1.33. The quantitative estimate of drug-likeness (QED) is 0.420. The fourth-order valence-electron chi connectivity index (χ4n) is 4.05. The van der Waals surface area contributed by atoms with E-state index in [0.717, 1.165) is 6.54 Å². The molecule has 1 saturated heterocycles. The molecule has 2 rings (SSSR count). The van der Waals surface area contributed by atoms with Crippen molar-refractivity contribution in [1.82, 2.24) is 5.32 Å². The summed E-state index contributed by atoms with van der Waals surface area (Å²) in [6.07, 6.45) is 2.00. The van der Waals surface area contributed by atoms with Gasteiger partial charge in [-0.25, -0.2) is 0 Å². The van der Waals surface area contributed by atoms with E-state index in [-0.39, 0.29) is 24.2 Å². The van der Waals surface area contributed by atoms with Crippen LogP contribution < -0.4 is 11.1 Å². The summed E-state index contributed by atoms with van der Waals surface area (Å²) in [4.78, 5) is 11.5. The maximum atomic E-state index is 11.5. The first-order chi connectivity index (χ1) is 8.86. The van der Waals surface area contributed by atoms with Crippen molar-refractivity contribution in [3.05, 3.63) is 0 Å². The van der Waals surface area contributed by atoms with Gasteiger partial charge in [-0.15, -0.1) is 0 Å². The molecule has 1 aliphatic heterocycles. The van der Waals surface area contributed by atoms with Crippen LogP contribution in [0.25, 0.3) is 0 Å². The normalized spacial score (nSPS) is 41.3. The number of hydrogen-bond donors (Lipinski definition) is 5. The summed E-state index contributed by atoms with van der Waals surface area (Å²) in [6, 6.07) is 0.277. The Balaban J connectivity index is 2.10. The van der Waals surface area contributed by atoms with Crippen LogP contribution in [-0.4, -0.2) is 46.4 Å². The number of carboxylic acids is 1. The zero-order valence-electron chi connectivity index (χ0n) is 11.2. The molecule has 5 atom stereocenters. The van der Waals surface area contributed by atoms with Crippen LogP contribution in [0.4, 0.5) is 0 Å². The van der Waals surface area contributed by atoms with Crippen LogP contribution in [0.1, 0.15) is 26.2 Å². The number of carboxylic acid groups (broad SMARTS) is 1.